The maximum absolute atomic E-state index is 12.0. The molecule has 1 N–H and O–H groups in total. The van der Waals surface area contributed by atoms with Crippen molar-refractivity contribution in [1.29, 1.82) is 0 Å². The van der Waals surface area contributed by atoms with E-state index >= 15 is 0 Å². The Morgan fingerprint density at radius 3 is 2.91 bits per heavy atom. The summed E-state index contributed by atoms with van der Waals surface area (Å²) < 4.78 is 0. The van der Waals surface area contributed by atoms with E-state index in [0.29, 0.717) is 13.0 Å². The average Bonchev–Trinajstić information content (AvgIpc) is 2.59. The van der Waals surface area contributed by atoms with E-state index in [2.05, 4.69) is 39.5 Å². The second-order valence-corrected chi connectivity index (χ2v) is 5.57. The van der Waals surface area contributed by atoms with Crippen molar-refractivity contribution in [3.8, 4) is 0 Å². The lowest BCUT2D eigenvalue weighted by atomic mass is 10.0. The van der Waals surface area contributed by atoms with Crippen LogP contribution in [0.1, 0.15) is 24.1 Å². The van der Waals surface area contributed by atoms with Crippen LogP contribution in [0.15, 0.2) is 48.7 Å². The highest BCUT2D eigenvalue weighted by Gasteiger charge is 2.16. The fraction of sp³-hybridized carbons (Fsp3) is 0.333. The fourth-order valence-corrected chi connectivity index (χ4v) is 2.86. The zero-order chi connectivity index (χ0) is 15.2. The highest BCUT2D eigenvalue weighted by atomic mass is 16.1. The smallest absolute Gasteiger partial charge is 0.222 e. The Morgan fingerprint density at radius 2 is 2.05 bits per heavy atom. The largest absolute Gasteiger partial charge is 0.371 e. The summed E-state index contributed by atoms with van der Waals surface area (Å²) in [6.45, 7) is 2.30. The zero-order valence-corrected chi connectivity index (χ0v) is 12.7. The molecule has 22 heavy (non-hydrogen) atoms. The predicted octanol–water partition coefficient (Wildman–Crippen LogP) is 2.54. The van der Waals surface area contributed by atoms with Gasteiger partial charge in [0.1, 0.15) is 0 Å². The van der Waals surface area contributed by atoms with Gasteiger partial charge in [0, 0.05) is 31.4 Å². The molecule has 1 aromatic carbocycles. The van der Waals surface area contributed by atoms with E-state index in [-0.39, 0.29) is 5.91 Å². The number of aromatic nitrogens is 1. The maximum atomic E-state index is 12.0. The van der Waals surface area contributed by atoms with Gasteiger partial charge in [0.15, 0.2) is 0 Å². The molecule has 0 fully saturated rings. The van der Waals surface area contributed by atoms with Crippen LogP contribution in [0.5, 0.6) is 0 Å². The number of hydrogen-bond acceptors (Lipinski definition) is 3. The summed E-state index contributed by atoms with van der Waals surface area (Å²) in [6.07, 6.45) is 4.55. The Hall–Kier alpha value is -2.36. The number of aryl methyl sites for hydroxylation is 1. The van der Waals surface area contributed by atoms with Gasteiger partial charge in [-0.3, -0.25) is 9.78 Å². The van der Waals surface area contributed by atoms with Crippen LogP contribution >= 0.6 is 0 Å². The summed E-state index contributed by atoms with van der Waals surface area (Å²) in [7, 11) is 0. The number of para-hydroxylation sites is 1. The summed E-state index contributed by atoms with van der Waals surface area (Å²) in [5.74, 6) is 0.0775. The first-order valence-electron chi connectivity index (χ1n) is 7.82. The molecule has 1 aromatic heterocycles. The van der Waals surface area contributed by atoms with Gasteiger partial charge in [-0.2, -0.15) is 0 Å². The quantitative estimate of drug-likeness (QED) is 0.922. The summed E-state index contributed by atoms with van der Waals surface area (Å²) in [5, 5.41) is 2.93. The molecular formula is C18H21N3O. The van der Waals surface area contributed by atoms with Crippen molar-refractivity contribution in [2.45, 2.75) is 25.8 Å². The monoisotopic (exact) mass is 295 g/mol. The molecule has 4 heteroatoms. The van der Waals surface area contributed by atoms with E-state index < -0.39 is 0 Å². The molecule has 3 rings (SSSR count). The van der Waals surface area contributed by atoms with Crippen LogP contribution in [0.2, 0.25) is 0 Å². The lowest BCUT2D eigenvalue weighted by Gasteiger charge is -2.31. The highest BCUT2D eigenvalue weighted by Crippen LogP contribution is 2.26. The van der Waals surface area contributed by atoms with Crippen LogP contribution in [0, 0.1) is 0 Å². The van der Waals surface area contributed by atoms with Gasteiger partial charge in [-0.15, -0.1) is 0 Å². The number of fused-ring (bicyclic) bond motifs is 1. The Labute approximate surface area is 131 Å². The summed E-state index contributed by atoms with van der Waals surface area (Å²) >= 11 is 0. The Bertz CT molecular complexity index is 627. The molecule has 0 radical (unpaired) electrons. The van der Waals surface area contributed by atoms with Crippen molar-refractivity contribution in [3.05, 3.63) is 59.9 Å². The molecule has 0 unspecified atom stereocenters. The third kappa shape index (κ3) is 3.64. The molecule has 0 atom stereocenters. The van der Waals surface area contributed by atoms with Crippen LogP contribution < -0.4 is 10.2 Å². The molecule has 2 aromatic rings. The van der Waals surface area contributed by atoms with Gasteiger partial charge in [-0.05, 0) is 36.6 Å². The topological polar surface area (TPSA) is 45.2 Å². The number of pyridine rings is 1. The van der Waals surface area contributed by atoms with Crippen LogP contribution in [0.25, 0.3) is 0 Å². The maximum Gasteiger partial charge on any atom is 0.222 e. The Balaban J connectivity index is 1.50. The lowest BCUT2D eigenvalue weighted by molar-refractivity contribution is -0.121. The zero-order valence-electron chi connectivity index (χ0n) is 12.7. The molecular weight excluding hydrogens is 274 g/mol. The molecule has 1 aliphatic rings. The van der Waals surface area contributed by atoms with E-state index in [1.165, 1.54) is 11.3 Å². The van der Waals surface area contributed by atoms with Gasteiger partial charge in [0.25, 0.3) is 0 Å². The first-order chi connectivity index (χ1) is 10.8. The number of carbonyl (C=O) groups excluding carboxylic acids is 1. The Kier molecular flexibility index (Phi) is 4.68. The number of nitrogens with zero attached hydrogens (tertiary/aromatic N) is 2. The van der Waals surface area contributed by atoms with E-state index in [0.717, 1.165) is 31.6 Å². The number of hydrogen-bond donors (Lipinski definition) is 1. The summed E-state index contributed by atoms with van der Waals surface area (Å²) in [6, 6.07) is 14.2. The van der Waals surface area contributed by atoms with E-state index in [1.807, 2.05) is 18.2 Å². The van der Waals surface area contributed by atoms with E-state index in [9.17, 15) is 4.79 Å². The summed E-state index contributed by atoms with van der Waals surface area (Å²) in [5.41, 5.74) is 3.56. The predicted molar refractivity (Wildman–Crippen MR) is 87.7 cm³/mol. The molecule has 4 nitrogen and oxygen atoms in total. The molecule has 0 saturated carbocycles. The number of rotatable bonds is 5. The molecule has 0 spiro atoms. The van der Waals surface area contributed by atoms with Gasteiger partial charge in [-0.25, -0.2) is 0 Å². The van der Waals surface area contributed by atoms with Crippen LogP contribution in [-0.2, 0) is 17.8 Å². The minimum Gasteiger partial charge on any atom is -0.371 e. The minimum absolute atomic E-state index is 0.0775. The minimum atomic E-state index is 0.0775. The van der Waals surface area contributed by atoms with Crippen molar-refractivity contribution >= 4 is 11.6 Å². The highest BCUT2D eigenvalue weighted by molar-refractivity contribution is 5.76. The molecule has 114 valence electrons. The van der Waals surface area contributed by atoms with Gasteiger partial charge in [0.05, 0.1) is 12.2 Å². The number of carbonyl (C=O) groups is 1. The first kappa shape index (κ1) is 14.6. The van der Waals surface area contributed by atoms with Crippen molar-refractivity contribution in [2.24, 2.45) is 0 Å². The van der Waals surface area contributed by atoms with Crippen molar-refractivity contribution in [3.63, 3.8) is 0 Å². The second kappa shape index (κ2) is 7.07. The van der Waals surface area contributed by atoms with Gasteiger partial charge in [0.2, 0.25) is 5.91 Å². The number of amides is 1. The molecule has 1 amide bonds. The van der Waals surface area contributed by atoms with Gasteiger partial charge < -0.3 is 10.2 Å². The standard InChI is InChI=1S/C18H21N3O/c22-18(20-14-16-8-3-4-11-19-16)10-13-21-12-5-7-15-6-1-2-9-17(15)21/h1-4,6,8-9,11H,5,7,10,12-14H2,(H,20,22). The van der Waals surface area contributed by atoms with Crippen LogP contribution in [0.4, 0.5) is 5.69 Å². The van der Waals surface area contributed by atoms with Crippen molar-refractivity contribution < 1.29 is 4.79 Å². The molecule has 0 saturated heterocycles. The van der Waals surface area contributed by atoms with Crippen LogP contribution in [-0.4, -0.2) is 24.0 Å². The van der Waals surface area contributed by atoms with E-state index in [1.54, 1.807) is 6.20 Å². The van der Waals surface area contributed by atoms with Crippen molar-refractivity contribution in [1.82, 2.24) is 10.3 Å². The lowest BCUT2D eigenvalue weighted by Crippen LogP contribution is -2.34. The molecule has 2 heterocycles. The Morgan fingerprint density at radius 1 is 1.18 bits per heavy atom. The number of anilines is 1. The average molecular weight is 295 g/mol. The van der Waals surface area contributed by atoms with Gasteiger partial charge >= 0.3 is 0 Å². The molecule has 0 aliphatic carbocycles. The SMILES string of the molecule is O=C(CCN1CCCc2ccccc21)NCc1ccccn1. The normalized spacial score (nSPS) is 13.5. The third-order valence-corrected chi connectivity index (χ3v) is 4.01. The molecule has 1 aliphatic heterocycles. The number of benzene rings is 1. The number of nitrogens with one attached hydrogen (secondary N) is 1. The second-order valence-electron chi connectivity index (χ2n) is 5.57. The van der Waals surface area contributed by atoms with Crippen LogP contribution in [0.3, 0.4) is 0 Å². The molecule has 0 bridgehead atoms. The van der Waals surface area contributed by atoms with E-state index in [4.69, 9.17) is 0 Å². The first-order valence-corrected chi connectivity index (χ1v) is 7.82. The van der Waals surface area contributed by atoms with Crippen molar-refractivity contribution in [2.75, 3.05) is 18.0 Å². The summed E-state index contributed by atoms with van der Waals surface area (Å²) in [4.78, 5) is 18.5. The van der Waals surface area contributed by atoms with Gasteiger partial charge in [-0.1, -0.05) is 24.3 Å². The fourth-order valence-electron chi connectivity index (χ4n) is 2.86. The third-order valence-electron chi connectivity index (χ3n) is 4.01.